The Hall–Kier alpha value is -1.93. The minimum atomic E-state index is -0.294. The maximum absolute atomic E-state index is 12.5. The third-order valence-electron chi connectivity index (χ3n) is 4.49. The lowest BCUT2D eigenvalue weighted by molar-refractivity contribution is 0.521. The van der Waals surface area contributed by atoms with Crippen LogP contribution in [0.5, 0.6) is 0 Å². The summed E-state index contributed by atoms with van der Waals surface area (Å²) in [5.74, 6) is 0. The third-order valence-corrected chi connectivity index (χ3v) is 4.49. The number of aryl methyl sites for hydroxylation is 2. The summed E-state index contributed by atoms with van der Waals surface area (Å²) >= 11 is 0. The van der Waals surface area contributed by atoms with E-state index in [0.717, 1.165) is 58.2 Å². The highest BCUT2D eigenvalue weighted by Gasteiger charge is 2.14. The second-order valence-corrected chi connectivity index (χ2v) is 6.49. The van der Waals surface area contributed by atoms with E-state index in [1.165, 1.54) is 9.13 Å². The summed E-state index contributed by atoms with van der Waals surface area (Å²) in [5, 5.41) is 3.40. The Labute approximate surface area is 147 Å². The van der Waals surface area contributed by atoms with Crippen molar-refractivity contribution in [2.75, 3.05) is 19.6 Å². The fourth-order valence-corrected chi connectivity index (χ4v) is 2.99. The van der Waals surface area contributed by atoms with Crippen molar-refractivity contribution in [2.45, 2.75) is 45.1 Å². The summed E-state index contributed by atoms with van der Waals surface area (Å²) in [6.07, 6.45) is 7.78. The van der Waals surface area contributed by atoms with Gasteiger partial charge in [0.15, 0.2) is 11.2 Å². The number of nitrogens with two attached hydrogens (primary N) is 1. The molecule has 8 heteroatoms. The van der Waals surface area contributed by atoms with Gasteiger partial charge in [-0.05, 0) is 45.3 Å². The Morgan fingerprint density at radius 2 is 1.72 bits per heavy atom. The number of nitrogens with zero attached hydrogens (tertiary/aromatic N) is 4. The summed E-state index contributed by atoms with van der Waals surface area (Å²) in [5.41, 5.74) is 5.83. The number of rotatable bonds is 11. The SMILES string of the molecule is Cn1cnc2c1c(=O)n(CCCCCCNCCCCN)c(=O)n2C. The van der Waals surface area contributed by atoms with Crippen molar-refractivity contribution in [3.8, 4) is 0 Å². The largest absolute Gasteiger partial charge is 0.332 e. The zero-order valence-corrected chi connectivity index (χ0v) is 15.3. The fraction of sp³-hybridized carbons (Fsp3) is 0.706. The second-order valence-electron chi connectivity index (χ2n) is 6.49. The maximum Gasteiger partial charge on any atom is 0.332 e. The number of aromatic nitrogens is 4. The lowest BCUT2D eigenvalue weighted by atomic mass is 10.2. The van der Waals surface area contributed by atoms with Crippen LogP contribution in [-0.4, -0.2) is 38.3 Å². The molecule has 0 aliphatic rings. The quantitative estimate of drug-likeness (QED) is 0.569. The number of nitrogens with one attached hydrogen (secondary N) is 1. The van der Waals surface area contributed by atoms with Crippen LogP contribution in [0.4, 0.5) is 0 Å². The molecule has 0 atom stereocenters. The molecule has 0 bridgehead atoms. The molecule has 0 aliphatic carbocycles. The molecule has 0 fully saturated rings. The van der Waals surface area contributed by atoms with Crippen LogP contribution in [0.3, 0.4) is 0 Å². The monoisotopic (exact) mass is 350 g/mol. The van der Waals surface area contributed by atoms with Crippen molar-refractivity contribution in [1.82, 2.24) is 24.0 Å². The molecule has 0 saturated carbocycles. The summed E-state index contributed by atoms with van der Waals surface area (Å²) in [7, 11) is 3.43. The van der Waals surface area contributed by atoms with Gasteiger partial charge in [0.25, 0.3) is 5.56 Å². The van der Waals surface area contributed by atoms with Gasteiger partial charge in [0.2, 0.25) is 0 Å². The van der Waals surface area contributed by atoms with Crippen molar-refractivity contribution >= 4 is 11.2 Å². The molecule has 0 radical (unpaired) electrons. The Bertz CT molecular complexity index is 789. The summed E-state index contributed by atoms with van der Waals surface area (Å²) in [6.45, 7) is 3.24. The van der Waals surface area contributed by atoms with Gasteiger partial charge in [-0.3, -0.25) is 13.9 Å². The molecular weight excluding hydrogens is 320 g/mol. The Morgan fingerprint density at radius 3 is 2.44 bits per heavy atom. The van der Waals surface area contributed by atoms with E-state index in [1.807, 2.05) is 0 Å². The van der Waals surface area contributed by atoms with Crippen molar-refractivity contribution in [2.24, 2.45) is 19.8 Å². The van der Waals surface area contributed by atoms with Crippen molar-refractivity contribution < 1.29 is 0 Å². The van der Waals surface area contributed by atoms with Gasteiger partial charge in [-0.15, -0.1) is 0 Å². The predicted molar refractivity (Wildman–Crippen MR) is 99.8 cm³/mol. The molecule has 2 aromatic rings. The molecule has 0 aliphatic heterocycles. The average molecular weight is 350 g/mol. The van der Waals surface area contributed by atoms with Crippen LogP contribution < -0.4 is 22.3 Å². The molecule has 2 aromatic heterocycles. The van der Waals surface area contributed by atoms with E-state index in [4.69, 9.17) is 5.73 Å². The van der Waals surface area contributed by atoms with E-state index < -0.39 is 0 Å². The Balaban J connectivity index is 1.81. The van der Waals surface area contributed by atoms with Gasteiger partial charge in [0, 0.05) is 20.6 Å². The second kappa shape index (κ2) is 9.53. The number of hydrogen-bond acceptors (Lipinski definition) is 5. The van der Waals surface area contributed by atoms with Crippen LogP contribution in [0.25, 0.3) is 11.2 Å². The first-order valence-corrected chi connectivity index (χ1v) is 9.09. The van der Waals surface area contributed by atoms with E-state index >= 15 is 0 Å². The molecule has 0 saturated heterocycles. The van der Waals surface area contributed by atoms with Gasteiger partial charge >= 0.3 is 5.69 Å². The zero-order valence-electron chi connectivity index (χ0n) is 15.3. The molecule has 2 rings (SSSR count). The summed E-state index contributed by atoms with van der Waals surface area (Å²) in [4.78, 5) is 29.0. The lowest BCUT2D eigenvalue weighted by Crippen LogP contribution is -2.39. The predicted octanol–water partition coefficient (Wildman–Crippen LogP) is 0.323. The zero-order chi connectivity index (χ0) is 18.2. The minimum Gasteiger partial charge on any atom is -0.330 e. The van der Waals surface area contributed by atoms with Crippen LogP contribution in [0.2, 0.25) is 0 Å². The average Bonchev–Trinajstić information content (AvgIpc) is 2.99. The minimum absolute atomic E-state index is 0.250. The highest BCUT2D eigenvalue weighted by molar-refractivity contribution is 5.69. The molecule has 0 unspecified atom stereocenters. The van der Waals surface area contributed by atoms with Gasteiger partial charge in [-0.25, -0.2) is 9.78 Å². The van der Waals surface area contributed by atoms with Gasteiger partial charge in [-0.1, -0.05) is 12.8 Å². The van der Waals surface area contributed by atoms with Crippen LogP contribution in [0.15, 0.2) is 15.9 Å². The van der Waals surface area contributed by atoms with E-state index in [2.05, 4.69) is 10.3 Å². The molecule has 0 amide bonds. The maximum atomic E-state index is 12.5. The molecule has 0 aromatic carbocycles. The third kappa shape index (κ3) is 4.79. The summed E-state index contributed by atoms with van der Waals surface area (Å²) in [6, 6.07) is 0. The van der Waals surface area contributed by atoms with Crippen LogP contribution in [0, 0.1) is 0 Å². The van der Waals surface area contributed by atoms with Gasteiger partial charge < -0.3 is 15.6 Å². The molecule has 8 nitrogen and oxygen atoms in total. The first-order valence-electron chi connectivity index (χ1n) is 9.09. The first-order chi connectivity index (χ1) is 12.1. The van der Waals surface area contributed by atoms with Gasteiger partial charge in [0.1, 0.15) is 0 Å². The number of imidazole rings is 1. The van der Waals surface area contributed by atoms with E-state index in [0.29, 0.717) is 17.7 Å². The van der Waals surface area contributed by atoms with Crippen LogP contribution in [-0.2, 0) is 20.6 Å². The van der Waals surface area contributed by atoms with Crippen molar-refractivity contribution in [1.29, 1.82) is 0 Å². The summed E-state index contributed by atoms with van der Waals surface area (Å²) < 4.78 is 4.45. The Morgan fingerprint density at radius 1 is 1.04 bits per heavy atom. The fourth-order valence-electron chi connectivity index (χ4n) is 2.99. The molecule has 25 heavy (non-hydrogen) atoms. The number of hydrogen-bond donors (Lipinski definition) is 2. The number of fused-ring (bicyclic) bond motifs is 1. The topological polar surface area (TPSA) is 99.9 Å². The van der Waals surface area contributed by atoms with Crippen molar-refractivity contribution in [3.05, 3.63) is 27.2 Å². The number of unbranched alkanes of at least 4 members (excludes halogenated alkanes) is 4. The normalized spacial score (nSPS) is 11.5. The van der Waals surface area contributed by atoms with Crippen LogP contribution >= 0.6 is 0 Å². The van der Waals surface area contributed by atoms with Crippen molar-refractivity contribution in [3.63, 3.8) is 0 Å². The molecule has 0 spiro atoms. The lowest BCUT2D eigenvalue weighted by Gasteiger charge is -2.09. The van der Waals surface area contributed by atoms with E-state index in [9.17, 15) is 9.59 Å². The van der Waals surface area contributed by atoms with Gasteiger partial charge in [0.05, 0.1) is 6.33 Å². The smallest absolute Gasteiger partial charge is 0.330 e. The molecule has 2 heterocycles. The Kier molecular flexibility index (Phi) is 7.39. The highest BCUT2D eigenvalue weighted by atomic mass is 16.2. The van der Waals surface area contributed by atoms with E-state index in [1.54, 1.807) is 25.0 Å². The first kappa shape index (κ1) is 19.4. The van der Waals surface area contributed by atoms with Gasteiger partial charge in [-0.2, -0.15) is 0 Å². The van der Waals surface area contributed by atoms with Crippen LogP contribution in [0.1, 0.15) is 38.5 Å². The molecular formula is C17H30N6O2. The molecule has 140 valence electrons. The van der Waals surface area contributed by atoms with E-state index in [-0.39, 0.29) is 11.2 Å². The standard InChI is InChI=1S/C17H30N6O2/c1-21-13-20-15-14(21)16(24)23(17(25)22(15)2)12-8-4-3-6-10-19-11-7-5-9-18/h13,19H,3-12,18H2,1-2H3. The highest BCUT2D eigenvalue weighted by Crippen LogP contribution is 2.04. The molecule has 3 N–H and O–H groups in total.